The van der Waals surface area contributed by atoms with Crippen molar-refractivity contribution in [2.24, 2.45) is 0 Å². The third kappa shape index (κ3) is 1.40. The number of benzene rings is 2. The summed E-state index contributed by atoms with van der Waals surface area (Å²) in [6.45, 7) is 0. The second-order valence-electron chi connectivity index (χ2n) is 3.88. The van der Waals surface area contributed by atoms with Gasteiger partial charge in [0.15, 0.2) is 5.78 Å². The molecule has 1 aliphatic carbocycles. The molecule has 17 heavy (non-hydrogen) atoms. The molecule has 2 nitrogen and oxygen atoms in total. The van der Waals surface area contributed by atoms with Gasteiger partial charge in [0.25, 0.3) is 0 Å². The third-order valence-corrected chi connectivity index (χ3v) is 4.22. The number of ketones is 1. The van der Waals surface area contributed by atoms with Crippen LogP contribution in [-0.2, 0) is 0 Å². The molecule has 2 aromatic rings. The quantitative estimate of drug-likeness (QED) is 0.621. The fourth-order valence-corrected chi connectivity index (χ4v) is 3.51. The molecule has 0 amide bonds. The van der Waals surface area contributed by atoms with Crippen molar-refractivity contribution in [1.29, 1.82) is 0 Å². The predicted molar refractivity (Wildman–Crippen MR) is 75.1 cm³/mol. The molecule has 0 aliphatic heterocycles. The Morgan fingerprint density at radius 2 is 1.59 bits per heavy atom. The fraction of sp³-hybridized carbons (Fsp3) is 0. The zero-order valence-corrected chi connectivity index (χ0v) is 11.8. The SMILES string of the molecule is Nc1c(Br)cc(Br)c2c1-c1ccccc1C2=O. The average molecular weight is 353 g/mol. The molecule has 2 aromatic carbocycles. The van der Waals surface area contributed by atoms with E-state index in [1.54, 1.807) is 0 Å². The molecule has 0 radical (unpaired) electrons. The number of carbonyl (C=O) groups excluding carboxylic acids is 1. The van der Waals surface area contributed by atoms with Crippen molar-refractivity contribution < 1.29 is 4.79 Å². The number of halogens is 2. The molecule has 3 rings (SSSR count). The number of hydrogen-bond acceptors (Lipinski definition) is 2. The smallest absolute Gasteiger partial charge is 0.195 e. The summed E-state index contributed by atoms with van der Waals surface area (Å²) in [5, 5.41) is 0. The molecule has 84 valence electrons. The van der Waals surface area contributed by atoms with Gasteiger partial charge in [-0.15, -0.1) is 0 Å². The molecule has 0 saturated heterocycles. The molecular weight excluding hydrogens is 346 g/mol. The van der Waals surface area contributed by atoms with Gasteiger partial charge in [0.1, 0.15) is 0 Å². The van der Waals surface area contributed by atoms with Crippen molar-refractivity contribution in [1.82, 2.24) is 0 Å². The molecule has 0 heterocycles. The molecular formula is C13H7Br2NO. The van der Waals surface area contributed by atoms with Gasteiger partial charge in [-0.2, -0.15) is 0 Å². The first-order valence-electron chi connectivity index (χ1n) is 5.03. The van der Waals surface area contributed by atoms with Crippen molar-refractivity contribution in [3.05, 3.63) is 50.4 Å². The second kappa shape index (κ2) is 3.68. The van der Waals surface area contributed by atoms with Crippen LogP contribution in [0.15, 0.2) is 39.3 Å². The third-order valence-electron chi connectivity index (χ3n) is 2.94. The number of rotatable bonds is 0. The van der Waals surface area contributed by atoms with E-state index in [9.17, 15) is 4.79 Å². The van der Waals surface area contributed by atoms with Gasteiger partial charge in [-0.25, -0.2) is 0 Å². The minimum atomic E-state index is 0.0293. The Labute approximate surface area is 115 Å². The highest BCUT2D eigenvalue weighted by molar-refractivity contribution is 9.11. The van der Waals surface area contributed by atoms with E-state index >= 15 is 0 Å². The van der Waals surface area contributed by atoms with Crippen molar-refractivity contribution in [2.45, 2.75) is 0 Å². The number of nitrogen functional groups attached to an aromatic ring is 1. The highest BCUT2D eigenvalue weighted by Crippen LogP contribution is 2.46. The maximum absolute atomic E-state index is 12.3. The van der Waals surface area contributed by atoms with Crippen LogP contribution in [0.25, 0.3) is 11.1 Å². The van der Waals surface area contributed by atoms with Crippen LogP contribution in [-0.4, -0.2) is 5.78 Å². The molecule has 1 aliphatic rings. The highest BCUT2D eigenvalue weighted by Gasteiger charge is 2.31. The Morgan fingerprint density at radius 3 is 2.29 bits per heavy atom. The minimum Gasteiger partial charge on any atom is -0.397 e. The molecule has 0 unspecified atom stereocenters. The van der Waals surface area contributed by atoms with Crippen molar-refractivity contribution in [3.8, 4) is 11.1 Å². The highest BCUT2D eigenvalue weighted by atomic mass is 79.9. The van der Waals surface area contributed by atoms with Crippen molar-refractivity contribution in [2.75, 3.05) is 5.73 Å². The van der Waals surface area contributed by atoms with Crippen molar-refractivity contribution >= 4 is 43.3 Å². The average Bonchev–Trinajstić information content (AvgIpc) is 2.61. The van der Waals surface area contributed by atoms with Crippen LogP contribution in [0, 0.1) is 0 Å². The van der Waals surface area contributed by atoms with Gasteiger partial charge >= 0.3 is 0 Å². The molecule has 0 spiro atoms. The summed E-state index contributed by atoms with van der Waals surface area (Å²) in [7, 11) is 0. The van der Waals surface area contributed by atoms with Crippen LogP contribution < -0.4 is 5.73 Å². The lowest BCUT2D eigenvalue weighted by atomic mass is 10.0. The fourth-order valence-electron chi connectivity index (χ4n) is 2.17. The van der Waals surface area contributed by atoms with Crippen LogP contribution in [0.2, 0.25) is 0 Å². The number of carbonyl (C=O) groups is 1. The van der Waals surface area contributed by atoms with E-state index in [4.69, 9.17) is 5.73 Å². The number of hydrogen-bond donors (Lipinski definition) is 1. The largest absolute Gasteiger partial charge is 0.397 e. The topological polar surface area (TPSA) is 43.1 Å². The van der Waals surface area contributed by atoms with E-state index in [0.717, 1.165) is 20.1 Å². The van der Waals surface area contributed by atoms with Gasteiger partial charge in [0, 0.05) is 25.6 Å². The van der Waals surface area contributed by atoms with Crippen LogP contribution in [0.3, 0.4) is 0 Å². The zero-order chi connectivity index (χ0) is 12.2. The Kier molecular flexibility index (Phi) is 2.38. The Morgan fingerprint density at radius 1 is 0.941 bits per heavy atom. The lowest BCUT2D eigenvalue weighted by Gasteiger charge is -2.08. The van der Waals surface area contributed by atoms with Gasteiger partial charge in [-0.3, -0.25) is 4.79 Å². The summed E-state index contributed by atoms with van der Waals surface area (Å²) in [4.78, 5) is 12.3. The summed E-state index contributed by atoms with van der Waals surface area (Å²) in [5.74, 6) is 0.0293. The Bertz CT molecular complexity index is 665. The first-order chi connectivity index (χ1) is 8.11. The molecule has 0 saturated carbocycles. The van der Waals surface area contributed by atoms with E-state index in [1.807, 2.05) is 30.3 Å². The van der Waals surface area contributed by atoms with E-state index in [2.05, 4.69) is 31.9 Å². The normalized spacial score (nSPS) is 12.5. The lowest BCUT2D eigenvalue weighted by molar-refractivity contribution is 0.104. The summed E-state index contributed by atoms with van der Waals surface area (Å²) < 4.78 is 1.57. The number of fused-ring (bicyclic) bond motifs is 3. The van der Waals surface area contributed by atoms with E-state index in [0.29, 0.717) is 16.8 Å². The lowest BCUT2D eigenvalue weighted by Crippen LogP contribution is -1.98. The van der Waals surface area contributed by atoms with Crippen molar-refractivity contribution in [3.63, 3.8) is 0 Å². The monoisotopic (exact) mass is 351 g/mol. The zero-order valence-electron chi connectivity index (χ0n) is 8.63. The van der Waals surface area contributed by atoms with Gasteiger partial charge in [0.2, 0.25) is 0 Å². The van der Waals surface area contributed by atoms with Gasteiger partial charge in [-0.05, 0) is 43.5 Å². The van der Waals surface area contributed by atoms with Gasteiger partial charge in [0.05, 0.1) is 5.69 Å². The standard InChI is InChI=1S/C13H7Br2NO/c14-8-5-9(15)12(16)10-6-3-1-2-4-7(6)13(17)11(8)10/h1-5H,16H2. The summed E-state index contributed by atoms with van der Waals surface area (Å²) in [6.07, 6.45) is 0. The molecule has 4 heteroatoms. The van der Waals surface area contributed by atoms with Crippen LogP contribution in [0.1, 0.15) is 15.9 Å². The molecule has 0 aromatic heterocycles. The first-order valence-corrected chi connectivity index (χ1v) is 6.61. The summed E-state index contributed by atoms with van der Waals surface area (Å²) >= 11 is 6.83. The molecule has 0 bridgehead atoms. The van der Waals surface area contributed by atoms with Gasteiger partial charge < -0.3 is 5.73 Å². The summed E-state index contributed by atoms with van der Waals surface area (Å²) in [5.41, 5.74) is 9.78. The number of nitrogens with two attached hydrogens (primary N) is 1. The maximum Gasteiger partial charge on any atom is 0.195 e. The minimum absolute atomic E-state index is 0.0293. The molecule has 0 fully saturated rings. The van der Waals surface area contributed by atoms with E-state index < -0.39 is 0 Å². The summed E-state index contributed by atoms with van der Waals surface area (Å²) in [6, 6.07) is 9.35. The number of anilines is 1. The Hall–Kier alpha value is -1.13. The maximum atomic E-state index is 12.3. The second-order valence-corrected chi connectivity index (χ2v) is 5.59. The Balaban J connectivity index is 2.48. The van der Waals surface area contributed by atoms with Crippen LogP contribution >= 0.6 is 31.9 Å². The first kappa shape index (κ1) is 11.0. The van der Waals surface area contributed by atoms with Crippen LogP contribution in [0.5, 0.6) is 0 Å². The van der Waals surface area contributed by atoms with Gasteiger partial charge in [-0.1, -0.05) is 24.3 Å². The van der Waals surface area contributed by atoms with E-state index in [-0.39, 0.29) is 5.78 Å². The predicted octanol–water partition coefficient (Wildman–Crippen LogP) is 4.01. The van der Waals surface area contributed by atoms with E-state index in [1.165, 1.54) is 0 Å². The molecule has 2 N–H and O–H groups in total. The molecule has 0 atom stereocenters. The van der Waals surface area contributed by atoms with Crippen LogP contribution in [0.4, 0.5) is 5.69 Å².